The smallest absolute Gasteiger partial charge is 0.303 e. The molecule has 1 aliphatic rings. The van der Waals surface area contributed by atoms with Gasteiger partial charge in [0.25, 0.3) is 5.91 Å². The number of thioether (sulfide) groups is 1. The number of nitrogens with one attached hydrogen (secondary N) is 2. The lowest BCUT2D eigenvalue weighted by Crippen LogP contribution is -2.31. The Kier molecular flexibility index (Phi) is 10.5. The molecule has 216 valence electrons. The fourth-order valence-electron chi connectivity index (χ4n) is 4.36. The molecular weight excluding hydrogens is 544 g/mol. The van der Waals surface area contributed by atoms with Gasteiger partial charge < -0.3 is 30.0 Å². The molecule has 1 fully saturated rings. The lowest BCUT2D eigenvalue weighted by atomic mass is 10.0. The van der Waals surface area contributed by atoms with Crippen molar-refractivity contribution in [3.63, 3.8) is 0 Å². The Balaban J connectivity index is 1.50. The van der Waals surface area contributed by atoms with Crippen molar-refractivity contribution in [3.8, 4) is 0 Å². The first kappa shape index (κ1) is 30.3. The van der Waals surface area contributed by atoms with E-state index < -0.39 is 24.3 Å². The summed E-state index contributed by atoms with van der Waals surface area (Å²) in [6.07, 6.45) is -1.41. The predicted molar refractivity (Wildman–Crippen MR) is 156 cm³/mol. The number of aliphatic hydroxyl groups is 1. The van der Waals surface area contributed by atoms with Crippen LogP contribution in [0.5, 0.6) is 0 Å². The number of benzene rings is 3. The van der Waals surface area contributed by atoms with Gasteiger partial charge in [0, 0.05) is 47.9 Å². The molecule has 0 radical (unpaired) electrons. The van der Waals surface area contributed by atoms with E-state index in [1.54, 1.807) is 30.0 Å². The van der Waals surface area contributed by atoms with Gasteiger partial charge in [-0.1, -0.05) is 36.4 Å². The van der Waals surface area contributed by atoms with E-state index in [-0.39, 0.29) is 24.7 Å². The van der Waals surface area contributed by atoms with Crippen molar-refractivity contribution < 1.29 is 33.7 Å². The number of ether oxygens (including phenoxy) is 3. The van der Waals surface area contributed by atoms with Gasteiger partial charge in [-0.2, -0.15) is 0 Å². The molecule has 9 nitrogen and oxygen atoms in total. The summed E-state index contributed by atoms with van der Waals surface area (Å²) in [6.45, 7) is 4.20. The first-order valence-electron chi connectivity index (χ1n) is 13.3. The van der Waals surface area contributed by atoms with Crippen molar-refractivity contribution in [3.05, 3.63) is 89.5 Å². The highest BCUT2D eigenvalue weighted by Gasteiger charge is 2.32. The average Bonchev–Trinajstić information content (AvgIpc) is 2.96. The predicted octanol–water partition coefficient (Wildman–Crippen LogP) is 5.37. The number of aliphatic hydroxyl groups excluding tert-OH is 1. The van der Waals surface area contributed by atoms with Crippen LogP contribution in [0.1, 0.15) is 56.3 Å². The number of rotatable bonds is 10. The van der Waals surface area contributed by atoms with E-state index in [1.165, 1.54) is 20.8 Å². The molecule has 10 heteroatoms. The van der Waals surface area contributed by atoms with Crippen LogP contribution in [0.3, 0.4) is 0 Å². The minimum atomic E-state index is -0.932. The highest BCUT2D eigenvalue weighted by molar-refractivity contribution is 7.99. The van der Waals surface area contributed by atoms with E-state index in [9.17, 15) is 19.5 Å². The molecule has 0 bridgehead atoms. The molecule has 3 N–H and O–H groups in total. The number of carbonyl (C=O) groups is 3. The second-order valence-electron chi connectivity index (χ2n) is 9.73. The van der Waals surface area contributed by atoms with Crippen LogP contribution in [0.4, 0.5) is 11.4 Å². The van der Waals surface area contributed by atoms with Gasteiger partial charge >= 0.3 is 5.97 Å². The molecule has 0 unspecified atom stereocenters. The van der Waals surface area contributed by atoms with Crippen LogP contribution in [0.15, 0.2) is 77.7 Å². The number of anilines is 2. The molecule has 2 amide bonds. The Bertz CT molecular complexity index is 1350. The van der Waals surface area contributed by atoms with Gasteiger partial charge in [0.15, 0.2) is 12.4 Å². The summed E-state index contributed by atoms with van der Waals surface area (Å²) < 4.78 is 17.8. The molecule has 0 aliphatic carbocycles. The number of esters is 1. The van der Waals surface area contributed by atoms with E-state index in [4.69, 9.17) is 14.2 Å². The number of amides is 2. The van der Waals surface area contributed by atoms with E-state index >= 15 is 0 Å². The van der Waals surface area contributed by atoms with Crippen LogP contribution in [-0.2, 0) is 35.2 Å². The van der Waals surface area contributed by atoms with Gasteiger partial charge in [-0.15, -0.1) is 11.8 Å². The van der Waals surface area contributed by atoms with Crippen molar-refractivity contribution in [2.75, 3.05) is 16.4 Å². The molecule has 4 rings (SSSR count). The summed E-state index contributed by atoms with van der Waals surface area (Å²) in [6, 6.07) is 22.5. The minimum absolute atomic E-state index is 0.0356. The highest BCUT2D eigenvalue weighted by atomic mass is 32.2. The van der Waals surface area contributed by atoms with Crippen molar-refractivity contribution >= 4 is 40.9 Å². The fourth-order valence-corrected chi connectivity index (χ4v) is 5.28. The van der Waals surface area contributed by atoms with Gasteiger partial charge in [-0.05, 0) is 54.4 Å². The topological polar surface area (TPSA) is 123 Å². The normalized spacial score (nSPS) is 19.2. The molecule has 0 spiro atoms. The first-order valence-corrected chi connectivity index (χ1v) is 14.3. The third kappa shape index (κ3) is 8.89. The maximum atomic E-state index is 12.5. The highest BCUT2D eigenvalue weighted by Crippen LogP contribution is 2.40. The Morgan fingerprint density at radius 3 is 2.34 bits per heavy atom. The quantitative estimate of drug-likeness (QED) is 0.217. The SMILES string of the molecule is CC(=O)Nc1ccc(SC[C@H]2C[C@@H](c3ccc(CO)cc3)O[C@@H](c3cccc(NC(=O)[C@H](C)OC(C)=O)c3)O2)cc1. The summed E-state index contributed by atoms with van der Waals surface area (Å²) in [5, 5.41) is 15.0. The maximum absolute atomic E-state index is 12.5. The molecule has 0 aromatic heterocycles. The summed E-state index contributed by atoms with van der Waals surface area (Å²) in [5.41, 5.74) is 3.79. The first-order chi connectivity index (χ1) is 19.7. The van der Waals surface area contributed by atoms with Crippen LogP contribution in [0, 0.1) is 0 Å². The van der Waals surface area contributed by atoms with Gasteiger partial charge in [0.2, 0.25) is 5.91 Å². The molecule has 3 aromatic carbocycles. The molecule has 1 aliphatic heterocycles. The summed E-state index contributed by atoms with van der Waals surface area (Å²) >= 11 is 1.65. The van der Waals surface area contributed by atoms with E-state index in [0.29, 0.717) is 17.9 Å². The van der Waals surface area contributed by atoms with Gasteiger partial charge in [-0.3, -0.25) is 14.4 Å². The minimum Gasteiger partial charge on any atom is -0.453 e. The molecule has 1 heterocycles. The van der Waals surface area contributed by atoms with Crippen LogP contribution in [0.2, 0.25) is 0 Å². The average molecular weight is 579 g/mol. The van der Waals surface area contributed by atoms with Crippen LogP contribution >= 0.6 is 11.8 Å². The largest absolute Gasteiger partial charge is 0.453 e. The third-order valence-electron chi connectivity index (χ3n) is 6.36. The van der Waals surface area contributed by atoms with Crippen molar-refractivity contribution in [1.29, 1.82) is 0 Å². The molecule has 4 atom stereocenters. The third-order valence-corrected chi connectivity index (χ3v) is 7.51. The van der Waals surface area contributed by atoms with Gasteiger partial charge in [0.1, 0.15) is 0 Å². The Morgan fingerprint density at radius 1 is 0.951 bits per heavy atom. The zero-order chi connectivity index (χ0) is 29.4. The standard InChI is InChI=1S/C31H34N2O7S/c1-19(38-21(3)36)30(37)33-26-6-4-5-24(15-26)31-39-27(16-29(40-31)23-9-7-22(17-34)8-10-23)18-41-28-13-11-25(12-14-28)32-20(2)35/h4-15,19,27,29,31,34H,16-18H2,1-3H3,(H,32,35)(H,33,37)/t19-,27+,29-,31-/m0/s1. The molecular formula is C31H34N2O7S. The molecule has 1 saturated heterocycles. The second kappa shape index (κ2) is 14.3. The maximum Gasteiger partial charge on any atom is 0.303 e. The van der Waals surface area contributed by atoms with Crippen LogP contribution < -0.4 is 10.6 Å². The fraction of sp³-hybridized carbons (Fsp3) is 0.323. The summed E-state index contributed by atoms with van der Waals surface area (Å²) in [7, 11) is 0. The summed E-state index contributed by atoms with van der Waals surface area (Å²) in [5.74, 6) is -0.423. The van der Waals surface area contributed by atoms with E-state index in [1.807, 2.05) is 54.6 Å². The monoisotopic (exact) mass is 578 g/mol. The Morgan fingerprint density at radius 2 is 1.68 bits per heavy atom. The number of hydrogen-bond donors (Lipinski definition) is 3. The molecule has 3 aromatic rings. The Hall–Kier alpha value is -3.70. The van der Waals surface area contributed by atoms with Crippen molar-refractivity contribution in [2.45, 2.75) is 63.3 Å². The lowest BCUT2D eigenvalue weighted by molar-refractivity contribution is -0.245. The molecule has 0 saturated carbocycles. The van der Waals surface area contributed by atoms with E-state index in [0.717, 1.165) is 27.3 Å². The van der Waals surface area contributed by atoms with Crippen LogP contribution in [-0.4, -0.2) is 40.9 Å². The summed E-state index contributed by atoms with van der Waals surface area (Å²) in [4.78, 5) is 36.0. The van der Waals surface area contributed by atoms with Crippen molar-refractivity contribution in [2.24, 2.45) is 0 Å². The van der Waals surface area contributed by atoms with Gasteiger partial charge in [-0.25, -0.2) is 0 Å². The number of carbonyl (C=O) groups excluding carboxylic acids is 3. The number of hydrogen-bond acceptors (Lipinski definition) is 8. The lowest BCUT2D eigenvalue weighted by Gasteiger charge is -2.36. The zero-order valence-electron chi connectivity index (χ0n) is 23.2. The van der Waals surface area contributed by atoms with Crippen LogP contribution in [0.25, 0.3) is 0 Å². The second-order valence-corrected chi connectivity index (χ2v) is 10.8. The zero-order valence-corrected chi connectivity index (χ0v) is 24.0. The Labute approximate surface area is 243 Å². The van der Waals surface area contributed by atoms with Crippen molar-refractivity contribution in [1.82, 2.24) is 0 Å². The van der Waals surface area contributed by atoms with E-state index in [2.05, 4.69) is 10.6 Å². The molecule has 41 heavy (non-hydrogen) atoms. The van der Waals surface area contributed by atoms with Gasteiger partial charge in [0.05, 0.1) is 18.8 Å².